The number of carboxylic acid groups (broad SMARTS) is 1. The van der Waals surface area contributed by atoms with Gasteiger partial charge in [0.25, 0.3) is 0 Å². The molecule has 1 aliphatic heterocycles. The van der Waals surface area contributed by atoms with Crippen LogP contribution in [-0.2, 0) is 5.41 Å². The number of benzene rings is 1. The molecule has 0 saturated carbocycles. The van der Waals surface area contributed by atoms with Crippen LogP contribution in [0.15, 0.2) is 18.2 Å². The summed E-state index contributed by atoms with van der Waals surface area (Å²) in [7, 11) is 0. The molecule has 3 N–H and O–H groups in total. The molecule has 0 aliphatic carbocycles. The van der Waals surface area contributed by atoms with E-state index < -0.39 is 5.97 Å². The summed E-state index contributed by atoms with van der Waals surface area (Å²) in [4.78, 5) is 11.3. The fraction of sp³-hybridized carbons (Fsp3) is 0.562. The Bertz CT molecular complexity index is 486. The lowest BCUT2D eigenvalue weighted by molar-refractivity contribution is 0.0694. The summed E-state index contributed by atoms with van der Waals surface area (Å²) in [6, 6.07) is 6.05. The van der Waals surface area contributed by atoms with Gasteiger partial charge in [-0.1, -0.05) is 20.8 Å². The van der Waals surface area contributed by atoms with Crippen molar-refractivity contribution >= 4 is 11.7 Å². The van der Waals surface area contributed by atoms with Crippen LogP contribution in [0.1, 0.15) is 49.5 Å². The fourth-order valence-electron chi connectivity index (χ4n) is 2.64. The largest absolute Gasteiger partial charge is 0.478 e. The molecule has 0 bridgehead atoms. The van der Waals surface area contributed by atoms with Gasteiger partial charge < -0.3 is 15.7 Å². The Balaban J connectivity index is 2.25. The van der Waals surface area contributed by atoms with Crippen LogP contribution in [0.4, 0.5) is 5.69 Å². The van der Waals surface area contributed by atoms with E-state index in [1.54, 1.807) is 6.07 Å². The van der Waals surface area contributed by atoms with Crippen molar-refractivity contribution < 1.29 is 9.90 Å². The van der Waals surface area contributed by atoms with Crippen LogP contribution in [0.3, 0.4) is 0 Å². The average molecular weight is 276 g/mol. The number of piperidine rings is 1. The summed E-state index contributed by atoms with van der Waals surface area (Å²) in [5.41, 5.74) is 2.11. The molecule has 4 heteroatoms. The standard InChI is InChI=1S/C16H24N2O2/c1-16(2,3)14-10-12(4-5-13(14)15(19)20)18-11-6-8-17-9-7-11/h4-5,10-11,17-18H,6-9H2,1-3H3,(H,19,20). The summed E-state index contributed by atoms with van der Waals surface area (Å²) in [6.45, 7) is 8.21. The molecule has 1 aliphatic rings. The van der Waals surface area contributed by atoms with Gasteiger partial charge in [-0.2, -0.15) is 0 Å². The number of carbonyl (C=O) groups is 1. The van der Waals surface area contributed by atoms with E-state index in [1.165, 1.54) is 0 Å². The number of aromatic carboxylic acids is 1. The lowest BCUT2D eigenvalue weighted by Gasteiger charge is -2.27. The first-order valence-electron chi connectivity index (χ1n) is 7.23. The van der Waals surface area contributed by atoms with E-state index in [9.17, 15) is 9.90 Å². The first-order chi connectivity index (χ1) is 9.38. The van der Waals surface area contributed by atoms with E-state index in [-0.39, 0.29) is 5.41 Å². The SMILES string of the molecule is CC(C)(C)c1cc(NC2CCNCC2)ccc1C(=O)O. The minimum absolute atomic E-state index is 0.181. The number of rotatable bonds is 3. The molecule has 2 rings (SSSR count). The van der Waals surface area contributed by atoms with E-state index in [4.69, 9.17) is 0 Å². The Morgan fingerprint density at radius 1 is 1.30 bits per heavy atom. The maximum Gasteiger partial charge on any atom is 0.335 e. The molecule has 110 valence electrons. The van der Waals surface area contributed by atoms with E-state index in [2.05, 4.69) is 10.6 Å². The van der Waals surface area contributed by atoms with Crippen molar-refractivity contribution in [1.29, 1.82) is 0 Å². The predicted molar refractivity (Wildman–Crippen MR) is 81.6 cm³/mol. The van der Waals surface area contributed by atoms with Crippen molar-refractivity contribution in [3.63, 3.8) is 0 Å². The number of hydrogen-bond donors (Lipinski definition) is 3. The monoisotopic (exact) mass is 276 g/mol. The zero-order valence-electron chi connectivity index (χ0n) is 12.5. The summed E-state index contributed by atoms with van der Waals surface area (Å²) in [6.07, 6.45) is 2.21. The maximum absolute atomic E-state index is 11.3. The average Bonchev–Trinajstić information content (AvgIpc) is 2.38. The molecule has 0 radical (unpaired) electrons. The molecular weight excluding hydrogens is 252 g/mol. The third kappa shape index (κ3) is 3.51. The van der Waals surface area contributed by atoms with Gasteiger partial charge in [-0.3, -0.25) is 0 Å². The van der Waals surface area contributed by atoms with Gasteiger partial charge in [0.15, 0.2) is 0 Å². The maximum atomic E-state index is 11.3. The van der Waals surface area contributed by atoms with Gasteiger partial charge in [-0.15, -0.1) is 0 Å². The summed E-state index contributed by atoms with van der Waals surface area (Å²) < 4.78 is 0. The molecule has 1 saturated heterocycles. The molecule has 0 atom stereocenters. The van der Waals surface area contributed by atoms with Crippen molar-refractivity contribution in [3.05, 3.63) is 29.3 Å². The third-order valence-corrected chi connectivity index (χ3v) is 3.77. The molecule has 1 fully saturated rings. The Labute approximate surface area is 120 Å². The van der Waals surface area contributed by atoms with Gasteiger partial charge in [-0.05, 0) is 55.1 Å². The van der Waals surface area contributed by atoms with Crippen molar-refractivity contribution in [2.45, 2.75) is 45.1 Å². The molecule has 0 aromatic heterocycles. The summed E-state index contributed by atoms with van der Waals surface area (Å²) in [5.74, 6) is -0.858. The van der Waals surface area contributed by atoms with Crippen molar-refractivity contribution in [1.82, 2.24) is 5.32 Å². The molecule has 1 heterocycles. The molecular formula is C16H24N2O2. The third-order valence-electron chi connectivity index (χ3n) is 3.77. The van der Waals surface area contributed by atoms with Gasteiger partial charge in [0.05, 0.1) is 5.56 Å². The second-order valence-corrected chi connectivity index (χ2v) is 6.48. The van der Waals surface area contributed by atoms with Crippen LogP contribution in [0.2, 0.25) is 0 Å². The Hall–Kier alpha value is -1.55. The van der Waals surface area contributed by atoms with Crippen LogP contribution in [0, 0.1) is 0 Å². The summed E-state index contributed by atoms with van der Waals surface area (Å²) >= 11 is 0. The highest BCUT2D eigenvalue weighted by molar-refractivity contribution is 5.90. The zero-order chi connectivity index (χ0) is 14.8. The first kappa shape index (κ1) is 14.9. The number of carboxylic acids is 1. The lowest BCUT2D eigenvalue weighted by Crippen LogP contribution is -2.35. The smallest absolute Gasteiger partial charge is 0.335 e. The highest BCUT2D eigenvalue weighted by Crippen LogP contribution is 2.29. The van der Waals surface area contributed by atoms with Crippen LogP contribution in [-0.4, -0.2) is 30.2 Å². The van der Waals surface area contributed by atoms with Crippen LogP contribution in [0.25, 0.3) is 0 Å². The van der Waals surface area contributed by atoms with Crippen LogP contribution < -0.4 is 10.6 Å². The second-order valence-electron chi connectivity index (χ2n) is 6.48. The molecule has 0 amide bonds. The minimum atomic E-state index is -0.858. The summed E-state index contributed by atoms with van der Waals surface area (Å²) in [5, 5.41) is 16.2. The molecule has 1 aromatic rings. The number of nitrogens with one attached hydrogen (secondary N) is 2. The first-order valence-corrected chi connectivity index (χ1v) is 7.23. The van der Waals surface area contributed by atoms with Gasteiger partial charge in [0.1, 0.15) is 0 Å². The van der Waals surface area contributed by atoms with E-state index in [0.29, 0.717) is 11.6 Å². The molecule has 20 heavy (non-hydrogen) atoms. The van der Waals surface area contributed by atoms with E-state index >= 15 is 0 Å². The fourth-order valence-corrected chi connectivity index (χ4v) is 2.64. The highest BCUT2D eigenvalue weighted by atomic mass is 16.4. The minimum Gasteiger partial charge on any atom is -0.478 e. The van der Waals surface area contributed by atoms with Gasteiger partial charge in [0, 0.05) is 11.7 Å². The number of hydrogen-bond acceptors (Lipinski definition) is 3. The van der Waals surface area contributed by atoms with Gasteiger partial charge >= 0.3 is 5.97 Å². The Morgan fingerprint density at radius 2 is 1.95 bits per heavy atom. The molecule has 1 aromatic carbocycles. The zero-order valence-corrected chi connectivity index (χ0v) is 12.5. The Morgan fingerprint density at radius 3 is 2.50 bits per heavy atom. The van der Waals surface area contributed by atoms with Crippen molar-refractivity contribution in [2.24, 2.45) is 0 Å². The van der Waals surface area contributed by atoms with Crippen LogP contribution in [0.5, 0.6) is 0 Å². The van der Waals surface area contributed by atoms with Crippen molar-refractivity contribution in [3.8, 4) is 0 Å². The van der Waals surface area contributed by atoms with Crippen LogP contribution >= 0.6 is 0 Å². The lowest BCUT2D eigenvalue weighted by atomic mass is 9.83. The van der Waals surface area contributed by atoms with Crippen molar-refractivity contribution in [2.75, 3.05) is 18.4 Å². The molecule has 0 spiro atoms. The Kier molecular flexibility index (Phi) is 4.33. The predicted octanol–water partition coefficient (Wildman–Crippen LogP) is 2.85. The van der Waals surface area contributed by atoms with Gasteiger partial charge in [0.2, 0.25) is 0 Å². The van der Waals surface area contributed by atoms with E-state index in [1.807, 2.05) is 32.9 Å². The normalized spacial score (nSPS) is 16.9. The topological polar surface area (TPSA) is 61.4 Å². The quantitative estimate of drug-likeness (QED) is 0.794. The van der Waals surface area contributed by atoms with E-state index in [0.717, 1.165) is 37.2 Å². The highest BCUT2D eigenvalue weighted by Gasteiger charge is 2.22. The molecule has 0 unspecified atom stereocenters. The van der Waals surface area contributed by atoms with Gasteiger partial charge in [-0.25, -0.2) is 4.79 Å². The number of anilines is 1. The molecule has 4 nitrogen and oxygen atoms in total. The second kappa shape index (κ2) is 5.83.